The van der Waals surface area contributed by atoms with Crippen LogP contribution in [-0.4, -0.2) is 32.0 Å². The minimum Gasteiger partial charge on any atom is -0.354 e. The zero-order valence-corrected chi connectivity index (χ0v) is 14.6. The van der Waals surface area contributed by atoms with Gasteiger partial charge in [0, 0.05) is 25.2 Å². The van der Waals surface area contributed by atoms with Crippen LogP contribution in [0.1, 0.15) is 48.6 Å². The van der Waals surface area contributed by atoms with E-state index in [2.05, 4.69) is 15.5 Å². The number of carbonyl (C=O) groups is 1. The number of halogens is 3. The monoisotopic (exact) mass is 371 g/mol. The van der Waals surface area contributed by atoms with E-state index < -0.39 is 12.1 Å². The normalized spacial score (nSPS) is 14.3. The maximum atomic E-state index is 13.0. The smallest absolute Gasteiger partial charge is 0.283 e. The summed E-state index contributed by atoms with van der Waals surface area (Å²) in [4.78, 5) is 12.1. The van der Waals surface area contributed by atoms with E-state index in [0.717, 1.165) is 24.8 Å². The van der Waals surface area contributed by atoms with Crippen LogP contribution in [0.25, 0.3) is 0 Å². The maximum Gasteiger partial charge on any atom is 0.283 e. The van der Waals surface area contributed by atoms with Crippen molar-refractivity contribution in [2.45, 2.75) is 51.6 Å². The molecule has 1 aliphatic rings. The van der Waals surface area contributed by atoms with Gasteiger partial charge in [0.2, 0.25) is 5.91 Å². The van der Waals surface area contributed by atoms with Crippen molar-refractivity contribution in [1.29, 1.82) is 0 Å². The summed E-state index contributed by atoms with van der Waals surface area (Å²) in [5, 5.41) is 10.8. The second-order valence-electron chi connectivity index (χ2n) is 6.30. The van der Waals surface area contributed by atoms with Crippen molar-refractivity contribution in [2.24, 2.45) is 0 Å². The van der Waals surface area contributed by atoms with E-state index >= 15 is 0 Å². The summed E-state index contributed by atoms with van der Waals surface area (Å²) in [7, 11) is 0. The summed E-state index contributed by atoms with van der Waals surface area (Å²) in [5.41, 5.74) is 1.20. The van der Waals surface area contributed by atoms with E-state index in [1.165, 1.54) is 4.68 Å². The first-order valence-electron chi connectivity index (χ1n) is 8.25. The molecule has 0 aromatic carbocycles. The quantitative estimate of drug-likeness (QED) is 0.725. The number of nitrogens with one attached hydrogen (secondary N) is 1. The Morgan fingerprint density at radius 3 is 2.84 bits per heavy atom. The summed E-state index contributed by atoms with van der Waals surface area (Å²) < 4.78 is 29.1. The van der Waals surface area contributed by atoms with Gasteiger partial charge in [0.1, 0.15) is 12.2 Å². The molecule has 1 N–H and O–H groups in total. The third-order valence-electron chi connectivity index (χ3n) is 4.07. The molecule has 1 aliphatic carbocycles. The zero-order valence-electron chi connectivity index (χ0n) is 13.9. The fourth-order valence-electron chi connectivity index (χ4n) is 2.73. The number of hydrogen-bond acceptors (Lipinski definition) is 3. The highest BCUT2D eigenvalue weighted by atomic mass is 35.5. The van der Waals surface area contributed by atoms with Gasteiger partial charge in [-0.3, -0.25) is 14.2 Å². The Morgan fingerprint density at radius 2 is 2.24 bits per heavy atom. The SMILES string of the molecule is Cc1cnn(CCCNC(=O)Cn2nc(C(F)F)c(Cl)c2C2CC2)c1. The Bertz CT molecular complexity index is 754. The molecule has 1 fully saturated rings. The molecular formula is C16H20ClF2N5O. The fourth-order valence-corrected chi connectivity index (χ4v) is 3.10. The number of hydrogen-bond donors (Lipinski definition) is 1. The largest absolute Gasteiger partial charge is 0.354 e. The summed E-state index contributed by atoms with van der Waals surface area (Å²) >= 11 is 6.03. The highest BCUT2D eigenvalue weighted by Crippen LogP contribution is 2.45. The highest BCUT2D eigenvalue weighted by molar-refractivity contribution is 6.32. The molecule has 0 saturated heterocycles. The van der Waals surface area contributed by atoms with Crippen LogP contribution in [0.3, 0.4) is 0 Å². The Labute approximate surface area is 149 Å². The Kier molecular flexibility index (Phi) is 5.36. The van der Waals surface area contributed by atoms with Crippen LogP contribution < -0.4 is 5.32 Å². The first-order valence-corrected chi connectivity index (χ1v) is 8.63. The number of rotatable bonds is 8. The Balaban J connectivity index is 1.53. The minimum absolute atomic E-state index is 0.000600. The van der Waals surface area contributed by atoms with E-state index in [1.807, 2.05) is 17.8 Å². The van der Waals surface area contributed by atoms with Gasteiger partial charge in [0.05, 0.1) is 16.9 Å². The van der Waals surface area contributed by atoms with Crippen LogP contribution in [0, 0.1) is 6.92 Å². The number of alkyl halides is 2. The van der Waals surface area contributed by atoms with Gasteiger partial charge < -0.3 is 5.32 Å². The number of aryl methyl sites for hydroxylation is 2. The predicted octanol–water partition coefficient (Wildman–Crippen LogP) is 3.06. The highest BCUT2D eigenvalue weighted by Gasteiger charge is 2.34. The van der Waals surface area contributed by atoms with Crippen LogP contribution in [0.5, 0.6) is 0 Å². The molecule has 136 valence electrons. The van der Waals surface area contributed by atoms with Gasteiger partial charge in [-0.15, -0.1) is 0 Å². The second-order valence-corrected chi connectivity index (χ2v) is 6.68. The lowest BCUT2D eigenvalue weighted by molar-refractivity contribution is -0.121. The molecule has 25 heavy (non-hydrogen) atoms. The van der Waals surface area contributed by atoms with Gasteiger partial charge in [0.25, 0.3) is 6.43 Å². The van der Waals surface area contributed by atoms with Crippen LogP contribution in [0.4, 0.5) is 8.78 Å². The molecule has 3 rings (SSSR count). The molecule has 2 heterocycles. The molecule has 1 saturated carbocycles. The molecular weight excluding hydrogens is 352 g/mol. The molecule has 0 unspecified atom stereocenters. The maximum absolute atomic E-state index is 13.0. The summed E-state index contributed by atoms with van der Waals surface area (Å²) in [6.45, 7) is 3.04. The van der Waals surface area contributed by atoms with Gasteiger partial charge in [-0.1, -0.05) is 11.6 Å². The van der Waals surface area contributed by atoms with Crippen molar-refractivity contribution in [3.63, 3.8) is 0 Å². The summed E-state index contributed by atoms with van der Waals surface area (Å²) in [5.74, 6) is -0.137. The third-order valence-corrected chi connectivity index (χ3v) is 4.46. The van der Waals surface area contributed by atoms with E-state index in [9.17, 15) is 13.6 Å². The molecule has 2 aromatic rings. The Hall–Kier alpha value is -1.96. The fraction of sp³-hybridized carbons (Fsp3) is 0.562. The average molecular weight is 372 g/mol. The molecule has 0 radical (unpaired) electrons. The third kappa shape index (κ3) is 4.36. The number of carbonyl (C=O) groups excluding carboxylic acids is 1. The number of aromatic nitrogens is 4. The molecule has 0 atom stereocenters. The molecule has 1 amide bonds. The van der Waals surface area contributed by atoms with Crippen LogP contribution >= 0.6 is 11.6 Å². The van der Waals surface area contributed by atoms with E-state index in [4.69, 9.17) is 11.6 Å². The topological polar surface area (TPSA) is 64.7 Å². The van der Waals surface area contributed by atoms with Crippen LogP contribution in [-0.2, 0) is 17.9 Å². The summed E-state index contributed by atoms with van der Waals surface area (Å²) in [6.07, 6.45) is 3.47. The van der Waals surface area contributed by atoms with Crippen molar-refractivity contribution in [2.75, 3.05) is 6.54 Å². The average Bonchev–Trinajstić information content (AvgIpc) is 3.21. The Morgan fingerprint density at radius 1 is 1.48 bits per heavy atom. The van der Waals surface area contributed by atoms with Crippen molar-refractivity contribution < 1.29 is 13.6 Å². The second kappa shape index (κ2) is 7.51. The van der Waals surface area contributed by atoms with E-state index in [0.29, 0.717) is 18.8 Å². The van der Waals surface area contributed by atoms with Gasteiger partial charge in [-0.2, -0.15) is 10.2 Å². The number of amides is 1. The van der Waals surface area contributed by atoms with Gasteiger partial charge in [-0.25, -0.2) is 8.78 Å². The van der Waals surface area contributed by atoms with Crippen molar-refractivity contribution in [3.8, 4) is 0 Å². The van der Waals surface area contributed by atoms with Crippen molar-refractivity contribution >= 4 is 17.5 Å². The molecule has 0 bridgehead atoms. The molecule has 2 aromatic heterocycles. The lowest BCUT2D eigenvalue weighted by atomic mass is 10.2. The lowest BCUT2D eigenvalue weighted by Crippen LogP contribution is -2.30. The molecule has 0 aliphatic heterocycles. The van der Waals surface area contributed by atoms with Crippen LogP contribution in [0.15, 0.2) is 12.4 Å². The molecule has 6 nitrogen and oxygen atoms in total. The van der Waals surface area contributed by atoms with E-state index in [-0.39, 0.29) is 23.4 Å². The van der Waals surface area contributed by atoms with Crippen molar-refractivity contribution in [1.82, 2.24) is 24.9 Å². The first kappa shape index (κ1) is 17.8. The van der Waals surface area contributed by atoms with Crippen LogP contribution in [0.2, 0.25) is 5.02 Å². The predicted molar refractivity (Wildman–Crippen MR) is 88.8 cm³/mol. The van der Waals surface area contributed by atoms with Crippen molar-refractivity contribution in [3.05, 3.63) is 34.4 Å². The minimum atomic E-state index is -2.74. The lowest BCUT2D eigenvalue weighted by Gasteiger charge is -2.08. The molecule has 9 heteroatoms. The van der Waals surface area contributed by atoms with Gasteiger partial charge in [0.15, 0.2) is 0 Å². The summed E-state index contributed by atoms with van der Waals surface area (Å²) in [6, 6.07) is 0. The standard InChI is InChI=1S/C16H20ClF2N5O/c1-10-7-21-23(8-10)6-2-5-20-12(25)9-24-15(11-3-4-11)13(17)14(22-24)16(18)19/h7-8,11,16H,2-6,9H2,1H3,(H,20,25). The van der Waals surface area contributed by atoms with Gasteiger partial charge >= 0.3 is 0 Å². The molecule has 0 spiro atoms. The van der Waals surface area contributed by atoms with Gasteiger partial charge in [-0.05, 0) is 31.7 Å². The van der Waals surface area contributed by atoms with E-state index in [1.54, 1.807) is 6.20 Å². The first-order chi connectivity index (χ1) is 12.0. The zero-order chi connectivity index (χ0) is 18.0. The number of nitrogens with zero attached hydrogens (tertiary/aromatic N) is 4.